The highest BCUT2D eigenvalue weighted by atomic mass is 19.1. The predicted octanol–water partition coefficient (Wildman–Crippen LogP) is 3.06. The number of rotatable bonds is 7. The number of nitrogens with one attached hydrogen (secondary N) is 1. The molecule has 2 amide bonds. The number of amides is 2. The van der Waals surface area contributed by atoms with Crippen LogP contribution in [0.25, 0.3) is 0 Å². The van der Waals surface area contributed by atoms with Crippen LogP contribution in [0.2, 0.25) is 0 Å². The molecule has 0 aliphatic heterocycles. The van der Waals surface area contributed by atoms with E-state index in [1.54, 1.807) is 17.0 Å². The minimum atomic E-state index is -0.293. The summed E-state index contributed by atoms with van der Waals surface area (Å²) in [5.74, 6) is -0.217. The molecule has 0 spiro atoms. The van der Waals surface area contributed by atoms with Crippen LogP contribution in [0.1, 0.15) is 24.0 Å². The van der Waals surface area contributed by atoms with E-state index in [1.165, 1.54) is 6.07 Å². The first-order chi connectivity index (χ1) is 12.1. The molecule has 0 radical (unpaired) electrons. The number of aliphatic hydroxyl groups excluding tert-OH is 1. The molecule has 4 nitrogen and oxygen atoms in total. The molecule has 132 valence electrons. The molecule has 1 fully saturated rings. The van der Waals surface area contributed by atoms with Gasteiger partial charge in [-0.25, -0.2) is 9.18 Å². The fraction of sp³-hybridized carbons (Fsp3) is 0.350. The zero-order chi connectivity index (χ0) is 17.7. The van der Waals surface area contributed by atoms with Crippen LogP contribution in [0.5, 0.6) is 0 Å². The second kappa shape index (κ2) is 7.66. The first kappa shape index (κ1) is 17.4. The molecule has 1 aliphatic rings. The SMILES string of the molecule is O=C(NCC1(c2ccccc2F)CC1)N(CCO)Cc1ccccc1. The van der Waals surface area contributed by atoms with Gasteiger partial charge in [-0.2, -0.15) is 0 Å². The van der Waals surface area contributed by atoms with E-state index < -0.39 is 0 Å². The Hall–Kier alpha value is -2.40. The Kier molecular flexibility index (Phi) is 5.34. The lowest BCUT2D eigenvalue weighted by Crippen LogP contribution is -2.43. The molecule has 1 saturated carbocycles. The maximum atomic E-state index is 14.1. The van der Waals surface area contributed by atoms with Crippen LogP contribution in [0.4, 0.5) is 9.18 Å². The van der Waals surface area contributed by atoms with Crippen molar-refractivity contribution in [1.29, 1.82) is 0 Å². The van der Waals surface area contributed by atoms with Crippen LogP contribution < -0.4 is 5.32 Å². The van der Waals surface area contributed by atoms with Crippen LogP contribution in [0.15, 0.2) is 54.6 Å². The summed E-state index contributed by atoms with van der Waals surface area (Å²) < 4.78 is 14.1. The second-order valence-corrected chi connectivity index (χ2v) is 6.55. The third-order valence-electron chi connectivity index (χ3n) is 4.75. The molecular weight excluding hydrogens is 319 g/mol. The minimum absolute atomic E-state index is 0.0985. The standard InChI is InChI=1S/C20H23FN2O2/c21-18-9-5-4-8-17(18)20(10-11-20)15-22-19(25)23(12-13-24)14-16-6-2-1-3-7-16/h1-9,24H,10-15H2,(H,22,25). The lowest BCUT2D eigenvalue weighted by atomic mass is 9.95. The van der Waals surface area contributed by atoms with Gasteiger partial charge >= 0.3 is 6.03 Å². The first-order valence-corrected chi connectivity index (χ1v) is 8.57. The average molecular weight is 342 g/mol. The predicted molar refractivity (Wildman–Crippen MR) is 94.6 cm³/mol. The van der Waals surface area contributed by atoms with Gasteiger partial charge in [0, 0.05) is 25.0 Å². The minimum Gasteiger partial charge on any atom is -0.395 e. The quantitative estimate of drug-likeness (QED) is 0.812. The van der Waals surface area contributed by atoms with E-state index >= 15 is 0 Å². The average Bonchev–Trinajstić information content (AvgIpc) is 3.41. The van der Waals surface area contributed by atoms with Gasteiger partial charge in [0.15, 0.2) is 0 Å². The zero-order valence-electron chi connectivity index (χ0n) is 14.1. The lowest BCUT2D eigenvalue weighted by molar-refractivity contribution is 0.173. The highest BCUT2D eigenvalue weighted by Gasteiger charge is 2.46. The molecule has 0 heterocycles. The number of carbonyl (C=O) groups excluding carboxylic acids is 1. The largest absolute Gasteiger partial charge is 0.395 e. The summed E-state index contributed by atoms with van der Waals surface area (Å²) >= 11 is 0. The third kappa shape index (κ3) is 4.17. The van der Waals surface area contributed by atoms with E-state index in [0.29, 0.717) is 18.7 Å². The van der Waals surface area contributed by atoms with Crippen LogP contribution in [0.3, 0.4) is 0 Å². The maximum Gasteiger partial charge on any atom is 0.317 e. The fourth-order valence-electron chi connectivity index (χ4n) is 3.12. The van der Waals surface area contributed by atoms with Gasteiger partial charge in [0.2, 0.25) is 0 Å². The molecule has 0 bridgehead atoms. The summed E-state index contributed by atoms with van der Waals surface area (Å²) in [7, 11) is 0. The number of aliphatic hydroxyl groups is 1. The van der Waals surface area contributed by atoms with Gasteiger partial charge in [0.1, 0.15) is 5.82 Å². The molecule has 2 aromatic carbocycles. The molecule has 25 heavy (non-hydrogen) atoms. The van der Waals surface area contributed by atoms with Gasteiger partial charge in [-0.3, -0.25) is 0 Å². The smallest absolute Gasteiger partial charge is 0.317 e. The Bertz CT molecular complexity index is 717. The van der Waals surface area contributed by atoms with Crippen molar-refractivity contribution in [3.63, 3.8) is 0 Å². The van der Waals surface area contributed by atoms with Gasteiger partial charge in [-0.05, 0) is 30.0 Å². The molecule has 0 atom stereocenters. The van der Waals surface area contributed by atoms with Crippen molar-refractivity contribution >= 4 is 6.03 Å². The molecule has 0 unspecified atom stereocenters. The number of hydrogen-bond donors (Lipinski definition) is 2. The number of hydrogen-bond acceptors (Lipinski definition) is 2. The van der Waals surface area contributed by atoms with Crippen molar-refractivity contribution in [3.8, 4) is 0 Å². The molecule has 1 aliphatic carbocycles. The summed E-state index contributed by atoms with van der Waals surface area (Å²) in [6.07, 6.45) is 1.74. The van der Waals surface area contributed by atoms with E-state index in [1.807, 2.05) is 36.4 Å². The van der Waals surface area contributed by atoms with E-state index in [0.717, 1.165) is 18.4 Å². The normalized spacial score (nSPS) is 14.8. The van der Waals surface area contributed by atoms with Gasteiger partial charge in [0.25, 0.3) is 0 Å². The Morgan fingerprint density at radius 1 is 1.12 bits per heavy atom. The van der Waals surface area contributed by atoms with Crippen molar-refractivity contribution in [2.24, 2.45) is 0 Å². The van der Waals surface area contributed by atoms with E-state index in [4.69, 9.17) is 0 Å². The van der Waals surface area contributed by atoms with Crippen LogP contribution >= 0.6 is 0 Å². The zero-order valence-corrected chi connectivity index (χ0v) is 14.1. The maximum absolute atomic E-state index is 14.1. The topological polar surface area (TPSA) is 52.6 Å². The van der Waals surface area contributed by atoms with Crippen molar-refractivity contribution in [3.05, 3.63) is 71.5 Å². The summed E-state index contributed by atoms with van der Waals surface area (Å²) in [6.45, 7) is 0.996. The highest BCUT2D eigenvalue weighted by Crippen LogP contribution is 2.48. The molecule has 0 aromatic heterocycles. The van der Waals surface area contributed by atoms with Gasteiger partial charge in [-0.15, -0.1) is 0 Å². The van der Waals surface area contributed by atoms with Gasteiger partial charge < -0.3 is 15.3 Å². The Labute approximate surface area is 147 Å². The Balaban J connectivity index is 1.63. The summed E-state index contributed by atoms with van der Waals surface area (Å²) in [5, 5.41) is 12.2. The van der Waals surface area contributed by atoms with Crippen molar-refractivity contribution in [1.82, 2.24) is 10.2 Å². The number of nitrogens with zero attached hydrogens (tertiary/aromatic N) is 1. The van der Waals surface area contributed by atoms with E-state index in [9.17, 15) is 14.3 Å². The molecule has 2 N–H and O–H groups in total. The van der Waals surface area contributed by atoms with Crippen LogP contribution in [-0.2, 0) is 12.0 Å². The lowest BCUT2D eigenvalue weighted by Gasteiger charge is -2.24. The van der Waals surface area contributed by atoms with Crippen LogP contribution in [0, 0.1) is 5.82 Å². The number of urea groups is 1. The van der Waals surface area contributed by atoms with Gasteiger partial charge in [-0.1, -0.05) is 48.5 Å². The van der Waals surface area contributed by atoms with Crippen molar-refractivity contribution in [2.45, 2.75) is 24.8 Å². The van der Waals surface area contributed by atoms with Crippen molar-refractivity contribution in [2.75, 3.05) is 19.7 Å². The van der Waals surface area contributed by atoms with Crippen LogP contribution in [-0.4, -0.2) is 35.7 Å². The Morgan fingerprint density at radius 3 is 2.44 bits per heavy atom. The monoisotopic (exact) mass is 342 g/mol. The Morgan fingerprint density at radius 2 is 1.80 bits per heavy atom. The first-order valence-electron chi connectivity index (χ1n) is 8.57. The van der Waals surface area contributed by atoms with E-state index in [-0.39, 0.29) is 30.4 Å². The second-order valence-electron chi connectivity index (χ2n) is 6.55. The van der Waals surface area contributed by atoms with Crippen molar-refractivity contribution < 1.29 is 14.3 Å². The summed E-state index contributed by atoms with van der Waals surface area (Å²) in [6, 6.07) is 16.2. The molecule has 0 saturated heterocycles. The summed E-state index contributed by atoms with van der Waals surface area (Å²) in [5.41, 5.74) is 1.38. The van der Waals surface area contributed by atoms with E-state index in [2.05, 4.69) is 5.32 Å². The third-order valence-corrected chi connectivity index (χ3v) is 4.75. The summed E-state index contributed by atoms with van der Waals surface area (Å²) in [4.78, 5) is 14.1. The van der Waals surface area contributed by atoms with Gasteiger partial charge in [0.05, 0.1) is 6.61 Å². The fourth-order valence-corrected chi connectivity index (χ4v) is 3.12. The number of carbonyl (C=O) groups is 1. The molecule has 2 aromatic rings. The molecule has 3 rings (SSSR count). The molecular formula is C20H23FN2O2. The number of benzene rings is 2. The highest BCUT2D eigenvalue weighted by molar-refractivity contribution is 5.74. The number of halogens is 1. The molecule has 5 heteroatoms.